The van der Waals surface area contributed by atoms with E-state index in [9.17, 15) is 9.59 Å². The molecule has 8 nitrogen and oxygen atoms in total. The summed E-state index contributed by atoms with van der Waals surface area (Å²) in [5.41, 5.74) is 4.60. The zero-order chi connectivity index (χ0) is 20.4. The van der Waals surface area contributed by atoms with Crippen LogP contribution in [-0.2, 0) is 11.3 Å². The number of benzene rings is 1. The smallest absolute Gasteiger partial charge is 0.338 e. The first-order valence-electron chi connectivity index (χ1n) is 8.94. The van der Waals surface area contributed by atoms with Crippen molar-refractivity contribution < 1.29 is 14.7 Å². The van der Waals surface area contributed by atoms with Crippen LogP contribution < -0.4 is 5.32 Å². The van der Waals surface area contributed by atoms with Crippen LogP contribution in [0, 0.1) is 20.8 Å². The van der Waals surface area contributed by atoms with Crippen LogP contribution in [0.25, 0.3) is 0 Å². The highest BCUT2D eigenvalue weighted by Gasteiger charge is 2.21. The average Bonchev–Trinajstić information content (AvgIpc) is 3.24. The number of aryl methyl sites for hydroxylation is 2. The first-order valence-corrected chi connectivity index (χ1v) is 8.94. The van der Waals surface area contributed by atoms with Crippen LogP contribution in [0.4, 0.5) is 5.69 Å². The van der Waals surface area contributed by atoms with Crippen LogP contribution in [0.15, 0.2) is 36.7 Å². The van der Waals surface area contributed by atoms with E-state index in [4.69, 9.17) is 5.11 Å². The molecule has 0 aliphatic carbocycles. The molecular formula is C20H23N5O3. The van der Waals surface area contributed by atoms with E-state index in [1.807, 2.05) is 25.5 Å². The molecule has 0 saturated carbocycles. The maximum absolute atomic E-state index is 12.6. The molecule has 146 valence electrons. The van der Waals surface area contributed by atoms with E-state index in [0.717, 1.165) is 17.0 Å². The Bertz CT molecular complexity index is 1020. The van der Waals surface area contributed by atoms with Gasteiger partial charge in [0.15, 0.2) is 0 Å². The number of carbonyl (C=O) groups is 2. The fourth-order valence-electron chi connectivity index (χ4n) is 2.91. The summed E-state index contributed by atoms with van der Waals surface area (Å²) in [7, 11) is 0. The van der Waals surface area contributed by atoms with Gasteiger partial charge in [0, 0.05) is 6.20 Å². The van der Waals surface area contributed by atoms with Crippen molar-refractivity contribution in [2.45, 2.75) is 40.3 Å². The van der Waals surface area contributed by atoms with Crippen molar-refractivity contribution >= 4 is 17.6 Å². The number of carboxylic acids is 1. The van der Waals surface area contributed by atoms with Gasteiger partial charge in [-0.1, -0.05) is 29.8 Å². The Hall–Kier alpha value is -3.42. The number of nitrogens with zero attached hydrogens (tertiary/aromatic N) is 4. The Labute approximate surface area is 162 Å². The minimum absolute atomic E-state index is 0.0397. The van der Waals surface area contributed by atoms with Crippen molar-refractivity contribution in [3.8, 4) is 0 Å². The van der Waals surface area contributed by atoms with E-state index < -0.39 is 12.0 Å². The Morgan fingerprint density at radius 2 is 1.86 bits per heavy atom. The third-order valence-corrected chi connectivity index (χ3v) is 4.71. The number of hydrogen-bond acceptors (Lipinski definition) is 4. The lowest BCUT2D eigenvalue weighted by Gasteiger charge is -2.13. The highest BCUT2D eigenvalue weighted by atomic mass is 16.4. The van der Waals surface area contributed by atoms with Crippen LogP contribution in [-0.4, -0.2) is 36.5 Å². The SMILES string of the molecule is Cc1ccc(Cn2nc(C)c(NC(=O)C(C)n3cc(C(=O)O)cn3)c2C)cc1. The average molecular weight is 381 g/mol. The molecule has 0 aliphatic rings. The first-order chi connectivity index (χ1) is 13.3. The van der Waals surface area contributed by atoms with Gasteiger partial charge in [0.1, 0.15) is 6.04 Å². The summed E-state index contributed by atoms with van der Waals surface area (Å²) in [5, 5.41) is 20.4. The summed E-state index contributed by atoms with van der Waals surface area (Å²) in [4.78, 5) is 23.6. The van der Waals surface area contributed by atoms with E-state index in [2.05, 4.69) is 39.8 Å². The number of hydrogen-bond donors (Lipinski definition) is 2. The molecule has 0 spiro atoms. The largest absolute Gasteiger partial charge is 0.478 e. The molecule has 0 radical (unpaired) electrons. The lowest BCUT2D eigenvalue weighted by atomic mass is 10.1. The number of aromatic carboxylic acids is 1. The molecule has 0 bridgehead atoms. The van der Waals surface area contributed by atoms with Crippen molar-refractivity contribution in [3.63, 3.8) is 0 Å². The minimum atomic E-state index is -1.08. The van der Waals surface area contributed by atoms with Crippen molar-refractivity contribution in [1.29, 1.82) is 0 Å². The molecule has 0 aliphatic heterocycles. The van der Waals surface area contributed by atoms with E-state index >= 15 is 0 Å². The van der Waals surface area contributed by atoms with Gasteiger partial charge in [-0.25, -0.2) is 4.79 Å². The zero-order valence-electron chi connectivity index (χ0n) is 16.3. The molecule has 0 saturated heterocycles. The standard InChI is InChI=1S/C20H23N5O3/c1-12-5-7-16(8-6-12)10-25-14(3)18(13(2)23-25)22-19(26)15(4)24-11-17(9-21-24)20(27)28/h5-9,11,15H,10H2,1-4H3,(H,22,26)(H,27,28). The molecule has 2 N–H and O–H groups in total. The number of anilines is 1. The van der Waals surface area contributed by atoms with Crippen LogP contribution in [0.2, 0.25) is 0 Å². The lowest BCUT2D eigenvalue weighted by molar-refractivity contribution is -0.119. The van der Waals surface area contributed by atoms with Crippen molar-refractivity contribution in [1.82, 2.24) is 19.6 Å². The van der Waals surface area contributed by atoms with Crippen LogP contribution in [0.1, 0.15) is 45.8 Å². The number of carboxylic acid groups (broad SMARTS) is 1. The molecule has 1 amide bonds. The van der Waals surface area contributed by atoms with Gasteiger partial charge >= 0.3 is 5.97 Å². The molecule has 1 unspecified atom stereocenters. The number of rotatable bonds is 6. The van der Waals surface area contributed by atoms with E-state index in [-0.39, 0.29) is 11.5 Å². The molecule has 3 aromatic rings. The second kappa shape index (κ2) is 7.67. The van der Waals surface area contributed by atoms with Gasteiger partial charge in [-0.05, 0) is 33.3 Å². The quantitative estimate of drug-likeness (QED) is 0.683. The van der Waals surface area contributed by atoms with Crippen LogP contribution >= 0.6 is 0 Å². The summed E-state index contributed by atoms with van der Waals surface area (Å²) in [6, 6.07) is 7.57. The predicted octanol–water partition coefficient (Wildman–Crippen LogP) is 2.95. The molecule has 2 heterocycles. The molecule has 2 aromatic heterocycles. The molecule has 1 aromatic carbocycles. The fourth-order valence-corrected chi connectivity index (χ4v) is 2.91. The number of carbonyl (C=O) groups excluding carboxylic acids is 1. The lowest BCUT2D eigenvalue weighted by Crippen LogP contribution is -2.24. The number of aromatic nitrogens is 4. The molecular weight excluding hydrogens is 358 g/mol. The predicted molar refractivity (Wildman–Crippen MR) is 105 cm³/mol. The molecule has 3 rings (SSSR count). The van der Waals surface area contributed by atoms with Gasteiger partial charge in [-0.3, -0.25) is 14.2 Å². The van der Waals surface area contributed by atoms with Crippen molar-refractivity contribution in [2.24, 2.45) is 0 Å². The maximum Gasteiger partial charge on any atom is 0.338 e. The zero-order valence-corrected chi connectivity index (χ0v) is 16.3. The second-order valence-electron chi connectivity index (χ2n) is 6.87. The van der Waals surface area contributed by atoms with Crippen LogP contribution in [0.5, 0.6) is 0 Å². The summed E-state index contributed by atoms with van der Waals surface area (Å²) < 4.78 is 3.19. The van der Waals surface area contributed by atoms with Gasteiger partial charge in [0.05, 0.1) is 35.4 Å². The van der Waals surface area contributed by atoms with E-state index in [1.54, 1.807) is 6.92 Å². The van der Waals surface area contributed by atoms with Crippen molar-refractivity contribution in [3.05, 3.63) is 64.7 Å². The van der Waals surface area contributed by atoms with E-state index in [0.29, 0.717) is 12.2 Å². The van der Waals surface area contributed by atoms with E-state index in [1.165, 1.54) is 22.6 Å². The fraction of sp³-hybridized carbons (Fsp3) is 0.300. The topological polar surface area (TPSA) is 102 Å². The number of amides is 1. The number of nitrogens with one attached hydrogen (secondary N) is 1. The summed E-state index contributed by atoms with van der Waals surface area (Å²) in [5.74, 6) is -1.37. The van der Waals surface area contributed by atoms with Crippen molar-refractivity contribution in [2.75, 3.05) is 5.32 Å². The Kier molecular flexibility index (Phi) is 5.30. The second-order valence-corrected chi connectivity index (χ2v) is 6.87. The summed E-state index contributed by atoms with van der Waals surface area (Å²) >= 11 is 0. The van der Waals surface area contributed by atoms with Gasteiger partial charge in [0.25, 0.3) is 0 Å². The Morgan fingerprint density at radius 1 is 1.18 bits per heavy atom. The monoisotopic (exact) mass is 381 g/mol. The Balaban J connectivity index is 1.76. The third kappa shape index (κ3) is 3.95. The highest BCUT2D eigenvalue weighted by molar-refractivity contribution is 5.94. The summed E-state index contributed by atoms with van der Waals surface area (Å²) in [6.45, 7) is 8.07. The molecule has 8 heteroatoms. The van der Waals surface area contributed by atoms with Gasteiger partial charge in [-0.2, -0.15) is 10.2 Å². The normalized spacial score (nSPS) is 12.0. The minimum Gasteiger partial charge on any atom is -0.478 e. The van der Waals surface area contributed by atoms with Crippen LogP contribution in [0.3, 0.4) is 0 Å². The summed E-state index contributed by atoms with van der Waals surface area (Å²) in [6.07, 6.45) is 2.56. The molecule has 1 atom stereocenters. The van der Waals surface area contributed by atoms with Gasteiger partial charge < -0.3 is 10.4 Å². The third-order valence-electron chi connectivity index (χ3n) is 4.71. The molecule has 0 fully saturated rings. The maximum atomic E-state index is 12.6. The highest BCUT2D eigenvalue weighted by Crippen LogP contribution is 2.22. The first kappa shape index (κ1) is 19.3. The van der Waals surface area contributed by atoms with Gasteiger partial charge in [-0.15, -0.1) is 0 Å². The molecule has 28 heavy (non-hydrogen) atoms. The van der Waals surface area contributed by atoms with Gasteiger partial charge in [0.2, 0.25) is 5.91 Å². The Morgan fingerprint density at radius 3 is 2.46 bits per heavy atom.